The van der Waals surface area contributed by atoms with Crippen molar-refractivity contribution in [3.63, 3.8) is 0 Å². The third kappa shape index (κ3) is 5.57. The number of aryl methyl sites for hydroxylation is 1. The number of carbonyl (C=O) groups is 1. The van der Waals surface area contributed by atoms with Crippen molar-refractivity contribution in [1.82, 2.24) is 0 Å². The van der Waals surface area contributed by atoms with Crippen LogP contribution in [-0.2, 0) is 21.5 Å². The maximum absolute atomic E-state index is 11.1. The molecule has 29 heavy (non-hydrogen) atoms. The zero-order valence-corrected chi connectivity index (χ0v) is 18.3. The van der Waals surface area contributed by atoms with E-state index in [1.165, 1.54) is 11.8 Å². The number of carboxylic acids is 1. The molecule has 1 aromatic heterocycles. The minimum atomic E-state index is -4.28. The van der Waals surface area contributed by atoms with E-state index in [-0.39, 0.29) is 12.2 Å². The second kappa shape index (κ2) is 9.25. The summed E-state index contributed by atoms with van der Waals surface area (Å²) in [6, 6.07) is 12.1. The highest BCUT2D eigenvalue weighted by Gasteiger charge is 2.22. The summed E-state index contributed by atoms with van der Waals surface area (Å²) in [7, 11) is -4.28. The number of carboxylic acid groups (broad SMARTS) is 1. The van der Waals surface area contributed by atoms with Gasteiger partial charge < -0.3 is 9.66 Å². The third-order valence-corrected chi connectivity index (χ3v) is 7.46. The first kappa shape index (κ1) is 21.8. The van der Waals surface area contributed by atoms with Crippen LogP contribution in [0.15, 0.2) is 41.3 Å². The molecular formula is C20H21NO5S3. The maximum Gasteiger partial charge on any atom is 0.313 e. The zero-order chi connectivity index (χ0) is 21.0. The van der Waals surface area contributed by atoms with Crippen molar-refractivity contribution in [2.45, 2.75) is 26.3 Å². The van der Waals surface area contributed by atoms with E-state index in [1.807, 2.05) is 54.0 Å². The van der Waals surface area contributed by atoms with Crippen molar-refractivity contribution in [3.8, 4) is 0 Å². The van der Waals surface area contributed by atoms with Gasteiger partial charge in [-0.3, -0.25) is 4.79 Å². The van der Waals surface area contributed by atoms with Crippen LogP contribution < -0.4 is 4.57 Å². The number of benzene rings is 2. The topological polar surface area (TPSA) is 98.4 Å². The molecule has 0 bridgehead atoms. The molecule has 1 N–H and O–H groups in total. The molecule has 0 fully saturated rings. The summed E-state index contributed by atoms with van der Waals surface area (Å²) in [5, 5.41) is 12.0. The lowest BCUT2D eigenvalue weighted by molar-refractivity contribution is -0.667. The van der Waals surface area contributed by atoms with E-state index in [4.69, 9.17) is 5.11 Å². The highest BCUT2D eigenvalue weighted by atomic mass is 32.2. The van der Waals surface area contributed by atoms with E-state index < -0.39 is 21.8 Å². The lowest BCUT2D eigenvalue weighted by Crippen LogP contribution is -2.36. The van der Waals surface area contributed by atoms with Crippen molar-refractivity contribution in [2.75, 3.05) is 11.5 Å². The number of rotatable bonds is 9. The van der Waals surface area contributed by atoms with Gasteiger partial charge in [0.05, 0.1) is 21.3 Å². The number of thioether (sulfide) groups is 1. The second-order valence-corrected chi connectivity index (χ2v) is 10.2. The molecule has 0 atom stereocenters. The van der Waals surface area contributed by atoms with Gasteiger partial charge in [-0.15, -0.1) is 11.8 Å². The van der Waals surface area contributed by atoms with Crippen molar-refractivity contribution in [1.29, 1.82) is 0 Å². The van der Waals surface area contributed by atoms with Crippen molar-refractivity contribution >= 4 is 66.3 Å². The van der Waals surface area contributed by atoms with E-state index in [0.29, 0.717) is 13.0 Å². The molecule has 0 saturated heterocycles. The van der Waals surface area contributed by atoms with Gasteiger partial charge in [0.1, 0.15) is 4.70 Å². The minimum Gasteiger partial charge on any atom is -0.748 e. The quantitative estimate of drug-likeness (QED) is 0.392. The van der Waals surface area contributed by atoms with Gasteiger partial charge in [0.25, 0.3) is 5.01 Å². The lowest BCUT2D eigenvalue weighted by atomic mass is 10.1. The highest BCUT2D eigenvalue weighted by molar-refractivity contribution is 8.03. The average Bonchev–Trinajstić information content (AvgIpc) is 3.01. The van der Waals surface area contributed by atoms with E-state index >= 15 is 0 Å². The normalized spacial score (nSPS) is 12.7. The van der Waals surface area contributed by atoms with Crippen LogP contribution in [-0.4, -0.2) is 35.6 Å². The molecule has 3 aromatic rings. The Hall–Kier alpha value is -1.94. The van der Waals surface area contributed by atoms with Gasteiger partial charge in [0, 0.05) is 18.2 Å². The monoisotopic (exact) mass is 451 g/mol. The number of hydrogen-bond acceptors (Lipinski definition) is 6. The molecule has 0 aliphatic carbocycles. The van der Waals surface area contributed by atoms with Crippen LogP contribution >= 0.6 is 23.1 Å². The largest absolute Gasteiger partial charge is 0.748 e. The maximum atomic E-state index is 11.1. The molecular weight excluding hydrogens is 430 g/mol. The Morgan fingerprint density at radius 2 is 2.03 bits per heavy atom. The van der Waals surface area contributed by atoms with Crippen LogP contribution in [0.1, 0.15) is 24.8 Å². The summed E-state index contributed by atoms with van der Waals surface area (Å²) in [6.07, 6.45) is 2.89. The predicted octanol–water partition coefficient (Wildman–Crippen LogP) is 3.85. The molecule has 0 unspecified atom stereocenters. The van der Waals surface area contributed by atoms with Gasteiger partial charge in [0.15, 0.2) is 6.54 Å². The fourth-order valence-electron chi connectivity index (χ4n) is 3.14. The fraction of sp³-hybridized carbons (Fsp3) is 0.300. The summed E-state index contributed by atoms with van der Waals surface area (Å²) < 4.78 is 36.3. The first-order chi connectivity index (χ1) is 13.8. The number of hydrogen-bond donors (Lipinski definition) is 1. The molecule has 1 heterocycles. The molecule has 154 valence electrons. The number of nitrogens with zero attached hydrogens (tertiary/aromatic N) is 1. The van der Waals surface area contributed by atoms with Gasteiger partial charge in [0.2, 0.25) is 5.52 Å². The van der Waals surface area contributed by atoms with Crippen LogP contribution in [0.5, 0.6) is 0 Å². The van der Waals surface area contributed by atoms with Gasteiger partial charge in [-0.25, -0.2) is 8.42 Å². The fourth-order valence-corrected chi connectivity index (χ4v) is 5.58. The number of allylic oxidation sites excluding steroid dienone is 1. The Balaban J connectivity index is 2.11. The Bertz CT molecular complexity index is 1180. The van der Waals surface area contributed by atoms with Crippen molar-refractivity contribution in [3.05, 3.63) is 46.3 Å². The smallest absolute Gasteiger partial charge is 0.313 e. The van der Waals surface area contributed by atoms with Gasteiger partial charge >= 0.3 is 5.97 Å². The van der Waals surface area contributed by atoms with Crippen LogP contribution in [0, 0.1) is 0 Å². The molecule has 0 radical (unpaired) electrons. The molecule has 2 aromatic carbocycles. The summed E-state index contributed by atoms with van der Waals surface area (Å²) in [6.45, 7) is 2.36. The van der Waals surface area contributed by atoms with Crippen molar-refractivity contribution < 1.29 is 27.4 Å². The molecule has 0 aliphatic heterocycles. The van der Waals surface area contributed by atoms with Crippen LogP contribution in [0.2, 0.25) is 0 Å². The van der Waals surface area contributed by atoms with E-state index in [2.05, 4.69) is 0 Å². The molecule has 0 aliphatic rings. The Kier molecular flexibility index (Phi) is 6.94. The molecule has 0 saturated carbocycles. The molecule has 9 heteroatoms. The Morgan fingerprint density at radius 1 is 1.28 bits per heavy atom. The third-order valence-electron chi connectivity index (χ3n) is 4.40. The Labute approximate surface area is 177 Å². The SMILES string of the molecule is CCC(=Cc1sc2ccc3ccccc3c2[n+]1CCCS(=O)(=O)[O-])SCC(=O)O. The van der Waals surface area contributed by atoms with Crippen LogP contribution in [0.3, 0.4) is 0 Å². The summed E-state index contributed by atoms with van der Waals surface area (Å²) in [5.41, 5.74) is 1.00. The highest BCUT2D eigenvalue weighted by Crippen LogP contribution is 2.31. The number of aliphatic carboxylic acids is 1. The standard InChI is InChI=1S/C20H21NO5S3/c1-2-15(27-13-19(22)23)12-18-21(10-5-11-29(24,25)26)20-16-7-4-3-6-14(16)8-9-17(20)28-18/h3-4,6-9,12H,2,5,10-11,13H2,1H3,(H-,22,23,24,25,26). The number of thiazole rings is 1. The van der Waals surface area contributed by atoms with E-state index in [0.717, 1.165) is 30.9 Å². The van der Waals surface area contributed by atoms with Crippen LogP contribution in [0.4, 0.5) is 0 Å². The van der Waals surface area contributed by atoms with Gasteiger partial charge in [-0.05, 0) is 28.8 Å². The first-order valence-electron chi connectivity index (χ1n) is 9.11. The van der Waals surface area contributed by atoms with Gasteiger partial charge in [-0.1, -0.05) is 42.5 Å². The number of aromatic nitrogens is 1. The minimum absolute atomic E-state index is 0.0120. The first-order valence-corrected chi connectivity index (χ1v) is 12.5. The molecule has 3 rings (SSSR count). The summed E-state index contributed by atoms with van der Waals surface area (Å²) >= 11 is 2.86. The number of fused-ring (bicyclic) bond motifs is 3. The lowest BCUT2D eigenvalue weighted by Gasteiger charge is -2.05. The zero-order valence-electron chi connectivity index (χ0n) is 15.8. The van der Waals surface area contributed by atoms with E-state index in [1.54, 1.807) is 11.3 Å². The van der Waals surface area contributed by atoms with Gasteiger partial charge in [-0.2, -0.15) is 4.57 Å². The summed E-state index contributed by atoms with van der Waals surface area (Å²) in [5.74, 6) is -1.30. The van der Waals surface area contributed by atoms with E-state index in [9.17, 15) is 17.8 Å². The van der Waals surface area contributed by atoms with Crippen molar-refractivity contribution in [2.24, 2.45) is 0 Å². The van der Waals surface area contributed by atoms with Crippen LogP contribution in [0.25, 0.3) is 27.1 Å². The summed E-state index contributed by atoms with van der Waals surface area (Å²) in [4.78, 5) is 11.9. The Morgan fingerprint density at radius 3 is 2.72 bits per heavy atom. The molecule has 6 nitrogen and oxygen atoms in total. The average molecular weight is 452 g/mol. The predicted molar refractivity (Wildman–Crippen MR) is 117 cm³/mol. The second-order valence-electron chi connectivity index (χ2n) is 6.49. The molecule has 0 amide bonds. The molecule has 0 spiro atoms.